The Morgan fingerprint density at radius 1 is 1.17 bits per heavy atom. The maximum absolute atomic E-state index is 13.2. The molecule has 3 saturated carbocycles. The second-order valence-corrected chi connectivity index (χ2v) is 8.61. The topological polar surface area (TPSA) is 46.6 Å². The smallest absolute Gasteiger partial charge is 0.144 e. The van der Waals surface area contributed by atoms with Gasteiger partial charge in [-0.3, -0.25) is 14.5 Å². The molecule has 4 fully saturated rings. The van der Waals surface area contributed by atoms with Gasteiger partial charge >= 0.3 is 0 Å². The molecule has 0 aromatic rings. The van der Waals surface area contributed by atoms with Gasteiger partial charge in [-0.15, -0.1) is 0 Å². The van der Waals surface area contributed by atoms with Gasteiger partial charge in [0.25, 0.3) is 0 Å². The van der Waals surface area contributed by atoms with Crippen molar-refractivity contribution in [1.29, 1.82) is 0 Å². The molecular formula is C19H27NO3. The highest BCUT2D eigenvalue weighted by Crippen LogP contribution is 2.65. The largest absolute Gasteiger partial charge is 0.379 e. The Bertz CT molecular complexity index is 593. The highest BCUT2D eigenvalue weighted by atomic mass is 16.5. The summed E-state index contributed by atoms with van der Waals surface area (Å²) in [7, 11) is 0. The Morgan fingerprint density at radius 3 is 2.48 bits per heavy atom. The first-order valence-electron chi connectivity index (χ1n) is 8.88. The molecule has 0 radical (unpaired) electrons. The molecular weight excluding hydrogens is 290 g/mol. The van der Waals surface area contributed by atoms with Gasteiger partial charge in [-0.2, -0.15) is 0 Å². The van der Waals surface area contributed by atoms with Crippen LogP contribution in [0.4, 0.5) is 0 Å². The molecule has 3 aliphatic carbocycles. The standard InChI is InChI=1S/C19H27NO3/c1-13(2)18-9-14-8-17(3,12-18)15(21)10-19(14,11-16(18)22)20-4-6-23-7-5-20/h14H,1,4-12H2,2-3H3. The summed E-state index contributed by atoms with van der Waals surface area (Å²) in [5, 5.41) is 0. The lowest BCUT2D eigenvalue weighted by molar-refractivity contribution is -0.178. The van der Waals surface area contributed by atoms with Crippen molar-refractivity contribution in [2.45, 2.75) is 51.5 Å². The van der Waals surface area contributed by atoms with Crippen LogP contribution < -0.4 is 0 Å². The zero-order valence-corrected chi connectivity index (χ0v) is 14.3. The van der Waals surface area contributed by atoms with Crippen molar-refractivity contribution in [2.75, 3.05) is 26.3 Å². The lowest BCUT2D eigenvalue weighted by Gasteiger charge is -2.65. The minimum atomic E-state index is -0.455. The number of fused-ring (bicyclic) bond motifs is 2. The van der Waals surface area contributed by atoms with Crippen molar-refractivity contribution in [2.24, 2.45) is 16.7 Å². The van der Waals surface area contributed by atoms with E-state index in [1.165, 1.54) is 0 Å². The number of ether oxygens (including phenoxy) is 1. The van der Waals surface area contributed by atoms with Crippen LogP contribution in [0.5, 0.6) is 0 Å². The van der Waals surface area contributed by atoms with Gasteiger partial charge in [0.05, 0.1) is 18.6 Å². The third kappa shape index (κ3) is 1.91. The molecule has 1 saturated heterocycles. The minimum absolute atomic E-state index is 0.253. The van der Waals surface area contributed by atoms with Gasteiger partial charge < -0.3 is 4.74 Å². The molecule has 23 heavy (non-hydrogen) atoms. The summed E-state index contributed by atoms with van der Waals surface area (Å²) in [6.45, 7) is 11.3. The molecule has 4 aliphatic rings. The van der Waals surface area contributed by atoms with Crippen molar-refractivity contribution in [3.63, 3.8) is 0 Å². The Hall–Kier alpha value is -1.00. The first-order valence-corrected chi connectivity index (χ1v) is 8.88. The Morgan fingerprint density at radius 2 is 1.83 bits per heavy atom. The van der Waals surface area contributed by atoms with Crippen molar-refractivity contribution in [3.8, 4) is 0 Å². The summed E-state index contributed by atoms with van der Waals surface area (Å²) in [5.74, 6) is 1.11. The van der Waals surface area contributed by atoms with E-state index in [1.807, 2.05) is 6.92 Å². The predicted octanol–water partition coefficient (Wildman–Crippen LogP) is 2.37. The average Bonchev–Trinajstić information content (AvgIpc) is 2.52. The summed E-state index contributed by atoms with van der Waals surface area (Å²) in [6.07, 6.45) is 3.58. The van der Waals surface area contributed by atoms with E-state index in [-0.39, 0.29) is 11.0 Å². The van der Waals surface area contributed by atoms with Gasteiger partial charge in [-0.25, -0.2) is 0 Å². The monoisotopic (exact) mass is 317 g/mol. The van der Waals surface area contributed by atoms with Crippen LogP contribution in [0.1, 0.15) is 46.0 Å². The van der Waals surface area contributed by atoms with Gasteiger partial charge in [0.1, 0.15) is 11.6 Å². The molecule has 0 spiro atoms. The molecule has 1 heterocycles. The number of carbonyl (C=O) groups excluding carboxylic acids is 2. The third-order valence-electron chi connectivity index (χ3n) is 7.34. The number of carbonyl (C=O) groups is 2. The average molecular weight is 317 g/mol. The lowest BCUT2D eigenvalue weighted by Crippen LogP contribution is -2.70. The van der Waals surface area contributed by atoms with Crippen LogP contribution in [-0.4, -0.2) is 48.3 Å². The van der Waals surface area contributed by atoms with E-state index >= 15 is 0 Å². The fraction of sp³-hybridized carbons (Fsp3) is 0.789. The molecule has 126 valence electrons. The van der Waals surface area contributed by atoms with Crippen molar-refractivity contribution in [1.82, 2.24) is 4.90 Å². The summed E-state index contributed by atoms with van der Waals surface area (Å²) in [5.41, 5.74) is -0.0858. The number of hydrogen-bond acceptors (Lipinski definition) is 4. The van der Waals surface area contributed by atoms with Crippen molar-refractivity contribution >= 4 is 11.6 Å². The van der Waals surface area contributed by atoms with Gasteiger partial charge in [0.15, 0.2) is 0 Å². The molecule has 0 aromatic carbocycles. The summed E-state index contributed by atoms with van der Waals surface area (Å²) < 4.78 is 5.50. The Balaban J connectivity index is 1.80. The van der Waals surface area contributed by atoms with Crippen LogP contribution >= 0.6 is 0 Å². The quantitative estimate of drug-likeness (QED) is 0.734. The van der Waals surface area contributed by atoms with E-state index in [2.05, 4.69) is 18.4 Å². The molecule has 4 unspecified atom stereocenters. The van der Waals surface area contributed by atoms with E-state index in [9.17, 15) is 9.59 Å². The highest BCUT2D eigenvalue weighted by molar-refractivity contribution is 5.96. The molecule has 4 atom stereocenters. The molecule has 1 aliphatic heterocycles. The number of rotatable bonds is 2. The normalized spacial score (nSPS) is 47.0. The summed E-state index contributed by atoms with van der Waals surface area (Å²) in [4.78, 5) is 28.7. The Kier molecular flexibility index (Phi) is 3.21. The van der Waals surface area contributed by atoms with E-state index in [0.29, 0.717) is 50.0 Å². The van der Waals surface area contributed by atoms with Crippen LogP contribution in [0.3, 0.4) is 0 Å². The van der Waals surface area contributed by atoms with Crippen LogP contribution in [0.15, 0.2) is 12.2 Å². The SMILES string of the molecule is C=C(C)C12CC3CC(C)(C1)C(=O)CC3(N1CCOCC1)CC2=O. The highest BCUT2D eigenvalue weighted by Gasteiger charge is 2.67. The van der Waals surface area contributed by atoms with E-state index in [1.54, 1.807) is 0 Å². The first-order chi connectivity index (χ1) is 10.8. The van der Waals surface area contributed by atoms with Gasteiger partial charge in [-0.1, -0.05) is 19.1 Å². The summed E-state index contributed by atoms with van der Waals surface area (Å²) >= 11 is 0. The number of ketones is 2. The van der Waals surface area contributed by atoms with E-state index in [4.69, 9.17) is 4.74 Å². The van der Waals surface area contributed by atoms with E-state index in [0.717, 1.165) is 31.5 Å². The van der Waals surface area contributed by atoms with Crippen LogP contribution in [-0.2, 0) is 14.3 Å². The van der Waals surface area contributed by atoms with Gasteiger partial charge in [0.2, 0.25) is 0 Å². The van der Waals surface area contributed by atoms with Gasteiger partial charge in [-0.05, 0) is 32.1 Å². The molecule has 4 heteroatoms. The van der Waals surface area contributed by atoms with Crippen LogP contribution in [0, 0.1) is 16.7 Å². The van der Waals surface area contributed by atoms with Crippen LogP contribution in [0.25, 0.3) is 0 Å². The predicted molar refractivity (Wildman–Crippen MR) is 87.1 cm³/mol. The molecule has 4 nitrogen and oxygen atoms in total. The zero-order valence-electron chi connectivity index (χ0n) is 14.3. The molecule has 4 rings (SSSR count). The number of morpholine rings is 1. The summed E-state index contributed by atoms with van der Waals surface area (Å²) in [6, 6.07) is 0. The third-order valence-corrected chi connectivity index (χ3v) is 7.34. The molecule has 0 amide bonds. The second-order valence-electron chi connectivity index (χ2n) is 8.61. The maximum Gasteiger partial charge on any atom is 0.144 e. The Labute approximate surface area is 138 Å². The first kappa shape index (κ1) is 15.5. The van der Waals surface area contributed by atoms with Gasteiger partial charge in [0, 0.05) is 36.9 Å². The number of Topliss-reactive ketones (excluding diaryl/α,β-unsaturated/α-hetero) is 2. The molecule has 3 bridgehead atoms. The van der Waals surface area contributed by atoms with Crippen molar-refractivity contribution in [3.05, 3.63) is 12.2 Å². The van der Waals surface area contributed by atoms with E-state index < -0.39 is 5.41 Å². The van der Waals surface area contributed by atoms with Crippen LogP contribution in [0.2, 0.25) is 0 Å². The number of nitrogens with zero attached hydrogens (tertiary/aromatic N) is 1. The van der Waals surface area contributed by atoms with Crippen molar-refractivity contribution < 1.29 is 14.3 Å². The molecule has 0 aromatic heterocycles. The fourth-order valence-electron chi connectivity index (χ4n) is 6.00. The zero-order chi connectivity index (χ0) is 16.5. The second kappa shape index (κ2) is 4.76. The molecule has 0 N–H and O–H groups in total. The minimum Gasteiger partial charge on any atom is -0.379 e. The number of allylic oxidation sites excluding steroid dienone is 1. The lowest BCUT2D eigenvalue weighted by atomic mass is 9.42. The maximum atomic E-state index is 13.2. The number of hydrogen-bond donors (Lipinski definition) is 0. The fourth-order valence-corrected chi connectivity index (χ4v) is 6.00.